The molecule has 15 heavy (non-hydrogen) atoms. The molecule has 1 aliphatic carbocycles. The molecule has 0 bridgehead atoms. The molecular weight excluding hydrogens is 184 g/mol. The molecule has 1 saturated carbocycles. The molecule has 0 amide bonds. The van der Waals surface area contributed by atoms with Crippen molar-refractivity contribution in [2.75, 3.05) is 6.54 Å². The second-order valence-corrected chi connectivity index (χ2v) is 5.67. The van der Waals surface area contributed by atoms with Gasteiger partial charge in [0.15, 0.2) is 0 Å². The maximum Gasteiger partial charge on any atom is 0.107 e. The maximum absolute atomic E-state index is 9.35. The lowest BCUT2D eigenvalue weighted by molar-refractivity contribution is 0.179. The summed E-state index contributed by atoms with van der Waals surface area (Å²) in [6.45, 7) is 9.90. The Morgan fingerprint density at radius 2 is 2.07 bits per heavy atom. The number of rotatable bonds is 3. The van der Waals surface area contributed by atoms with Crippen molar-refractivity contribution in [1.82, 2.24) is 5.32 Å². The predicted molar refractivity (Wildman–Crippen MR) is 63.4 cm³/mol. The second kappa shape index (κ2) is 4.99. The molecule has 86 valence electrons. The van der Waals surface area contributed by atoms with E-state index in [4.69, 9.17) is 0 Å². The molecule has 2 nitrogen and oxygen atoms in total. The van der Waals surface area contributed by atoms with Gasteiger partial charge in [0.05, 0.1) is 6.07 Å². The lowest BCUT2D eigenvalue weighted by Crippen LogP contribution is -2.49. The molecule has 3 atom stereocenters. The summed E-state index contributed by atoms with van der Waals surface area (Å²) >= 11 is 0. The van der Waals surface area contributed by atoms with Crippen molar-refractivity contribution in [3.05, 3.63) is 0 Å². The van der Waals surface area contributed by atoms with Gasteiger partial charge >= 0.3 is 0 Å². The minimum Gasteiger partial charge on any atom is -0.299 e. The molecule has 0 aromatic carbocycles. The van der Waals surface area contributed by atoms with Crippen LogP contribution in [0, 0.1) is 29.1 Å². The zero-order chi connectivity index (χ0) is 11.5. The third-order valence-electron chi connectivity index (χ3n) is 3.73. The van der Waals surface area contributed by atoms with Gasteiger partial charge in [-0.3, -0.25) is 5.32 Å². The van der Waals surface area contributed by atoms with Crippen LogP contribution in [0.1, 0.15) is 47.0 Å². The lowest BCUT2D eigenvalue weighted by atomic mass is 9.72. The highest BCUT2D eigenvalue weighted by Crippen LogP contribution is 2.35. The maximum atomic E-state index is 9.35. The van der Waals surface area contributed by atoms with Crippen molar-refractivity contribution in [3.8, 4) is 6.07 Å². The molecule has 0 spiro atoms. The minimum atomic E-state index is -0.240. The number of hydrogen-bond donors (Lipinski definition) is 1. The van der Waals surface area contributed by atoms with Gasteiger partial charge in [0.1, 0.15) is 5.54 Å². The van der Waals surface area contributed by atoms with E-state index >= 15 is 0 Å². The summed E-state index contributed by atoms with van der Waals surface area (Å²) in [6.07, 6.45) is 3.21. The largest absolute Gasteiger partial charge is 0.299 e. The average molecular weight is 208 g/mol. The van der Waals surface area contributed by atoms with Crippen molar-refractivity contribution < 1.29 is 0 Å². The Bertz CT molecular complexity index is 241. The van der Waals surface area contributed by atoms with E-state index in [-0.39, 0.29) is 5.54 Å². The van der Waals surface area contributed by atoms with Crippen LogP contribution in [0.2, 0.25) is 0 Å². The fourth-order valence-electron chi connectivity index (χ4n) is 2.31. The van der Waals surface area contributed by atoms with Crippen LogP contribution < -0.4 is 5.32 Å². The Labute approximate surface area is 94.1 Å². The van der Waals surface area contributed by atoms with Gasteiger partial charge in [-0.2, -0.15) is 5.26 Å². The van der Waals surface area contributed by atoms with Crippen molar-refractivity contribution in [2.24, 2.45) is 17.8 Å². The molecule has 0 radical (unpaired) electrons. The third kappa shape index (κ3) is 3.21. The van der Waals surface area contributed by atoms with Gasteiger partial charge < -0.3 is 0 Å². The van der Waals surface area contributed by atoms with E-state index in [2.05, 4.69) is 39.1 Å². The average Bonchev–Trinajstić information content (AvgIpc) is 2.20. The second-order valence-electron chi connectivity index (χ2n) is 5.67. The normalized spacial score (nSPS) is 36.5. The van der Waals surface area contributed by atoms with Gasteiger partial charge in [0.2, 0.25) is 0 Å². The summed E-state index contributed by atoms with van der Waals surface area (Å²) in [7, 11) is 0. The van der Waals surface area contributed by atoms with Crippen LogP contribution in [0.25, 0.3) is 0 Å². The first kappa shape index (κ1) is 12.5. The molecule has 0 aromatic rings. The monoisotopic (exact) mass is 208 g/mol. The van der Waals surface area contributed by atoms with E-state index in [9.17, 15) is 5.26 Å². The highest BCUT2D eigenvalue weighted by atomic mass is 15.0. The molecule has 0 saturated heterocycles. The van der Waals surface area contributed by atoms with Crippen LogP contribution in [0.4, 0.5) is 0 Å². The van der Waals surface area contributed by atoms with Crippen LogP contribution >= 0.6 is 0 Å². The minimum absolute atomic E-state index is 0.240. The van der Waals surface area contributed by atoms with E-state index in [1.165, 1.54) is 6.42 Å². The van der Waals surface area contributed by atoms with Crippen LogP contribution in [-0.4, -0.2) is 12.1 Å². The topological polar surface area (TPSA) is 35.8 Å². The van der Waals surface area contributed by atoms with Gasteiger partial charge in [-0.25, -0.2) is 0 Å². The van der Waals surface area contributed by atoms with E-state index in [1.54, 1.807) is 0 Å². The van der Waals surface area contributed by atoms with Crippen LogP contribution in [0.5, 0.6) is 0 Å². The summed E-state index contributed by atoms with van der Waals surface area (Å²) in [4.78, 5) is 0. The number of nitriles is 1. The summed E-state index contributed by atoms with van der Waals surface area (Å²) in [5, 5.41) is 12.8. The van der Waals surface area contributed by atoms with Crippen LogP contribution in [-0.2, 0) is 0 Å². The number of hydrogen-bond acceptors (Lipinski definition) is 2. The van der Waals surface area contributed by atoms with Gasteiger partial charge in [0.25, 0.3) is 0 Å². The quantitative estimate of drug-likeness (QED) is 0.774. The number of nitrogens with zero attached hydrogens (tertiary/aromatic N) is 1. The molecule has 1 rings (SSSR count). The molecule has 0 heterocycles. The first-order chi connectivity index (χ1) is 6.99. The summed E-state index contributed by atoms with van der Waals surface area (Å²) < 4.78 is 0. The van der Waals surface area contributed by atoms with Crippen LogP contribution in [0.3, 0.4) is 0 Å². The molecular formula is C13H24N2. The van der Waals surface area contributed by atoms with Crippen molar-refractivity contribution in [1.29, 1.82) is 5.26 Å². The first-order valence-corrected chi connectivity index (χ1v) is 6.15. The summed E-state index contributed by atoms with van der Waals surface area (Å²) in [6, 6.07) is 2.51. The summed E-state index contributed by atoms with van der Waals surface area (Å²) in [5.74, 6) is 2.05. The Balaban J connectivity index is 2.58. The molecule has 0 aliphatic heterocycles. The van der Waals surface area contributed by atoms with Crippen LogP contribution in [0.15, 0.2) is 0 Å². The van der Waals surface area contributed by atoms with E-state index < -0.39 is 0 Å². The zero-order valence-corrected chi connectivity index (χ0v) is 10.5. The molecule has 1 fully saturated rings. The molecule has 3 unspecified atom stereocenters. The molecule has 0 aromatic heterocycles. The fraction of sp³-hybridized carbons (Fsp3) is 0.923. The Kier molecular flexibility index (Phi) is 4.16. The fourth-order valence-corrected chi connectivity index (χ4v) is 2.31. The van der Waals surface area contributed by atoms with Crippen molar-refractivity contribution >= 4 is 0 Å². The molecule has 1 aliphatic rings. The zero-order valence-electron chi connectivity index (χ0n) is 10.5. The Hall–Kier alpha value is -0.550. The SMILES string of the molecule is CC(C)CNC1(C#N)CCC(C)C(C)C1. The van der Waals surface area contributed by atoms with Gasteiger partial charge in [-0.05, 0) is 43.6 Å². The standard InChI is InChI=1S/C13H24N2/c1-10(2)8-15-13(9-14)6-5-11(3)12(4)7-13/h10-12,15H,5-8H2,1-4H3. The Morgan fingerprint density at radius 3 is 2.53 bits per heavy atom. The third-order valence-corrected chi connectivity index (χ3v) is 3.73. The van der Waals surface area contributed by atoms with Gasteiger partial charge in [0, 0.05) is 0 Å². The Morgan fingerprint density at radius 1 is 1.40 bits per heavy atom. The van der Waals surface area contributed by atoms with Gasteiger partial charge in [-0.1, -0.05) is 27.7 Å². The van der Waals surface area contributed by atoms with E-state index in [1.807, 2.05) is 0 Å². The highest BCUT2D eigenvalue weighted by Gasteiger charge is 2.37. The molecule has 2 heteroatoms. The summed E-state index contributed by atoms with van der Waals surface area (Å²) in [5.41, 5.74) is -0.240. The predicted octanol–water partition coefficient (Wildman–Crippen LogP) is 2.95. The molecule has 1 N–H and O–H groups in total. The first-order valence-electron chi connectivity index (χ1n) is 6.15. The van der Waals surface area contributed by atoms with E-state index in [0.29, 0.717) is 11.8 Å². The van der Waals surface area contributed by atoms with Crippen molar-refractivity contribution in [2.45, 2.75) is 52.5 Å². The smallest absolute Gasteiger partial charge is 0.107 e. The highest BCUT2D eigenvalue weighted by molar-refractivity contribution is 5.10. The van der Waals surface area contributed by atoms with Crippen molar-refractivity contribution in [3.63, 3.8) is 0 Å². The van der Waals surface area contributed by atoms with Gasteiger partial charge in [-0.15, -0.1) is 0 Å². The van der Waals surface area contributed by atoms with E-state index in [0.717, 1.165) is 25.3 Å². The number of nitrogens with one attached hydrogen (secondary N) is 1. The lowest BCUT2D eigenvalue weighted by Gasteiger charge is -2.39.